The van der Waals surface area contributed by atoms with Crippen LogP contribution >= 0.6 is 0 Å². The predicted molar refractivity (Wildman–Crippen MR) is 71.2 cm³/mol. The summed E-state index contributed by atoms with van der Waals surface area (Å²) in [5.74, 6) is -0.163. The molecule has 0 aromatic heterocycles. The first-order chi connectivity index (χ1) is 8.52. The minimum Gasteiger partial charge on any atom is -0.373 e. The van der Waals surface area contributed by atoms with Gasteiger partial charge in [0.1, 0.15) is 5.82 Å². The van der Waals surface area contributed by atoms with E-state index in [-0.39, 0.29) is 18.0 Å². The molecule has 1 aromatic rings. The quantitative estimate of drug-likeness (QED) is 0.890. The summed E-state index contributed by atoms with van der Waals surface area (Å²) in [6, 6.07) is 3.35. The Labute approximate surface area is 109 Å². The molecular formula is C15H22FNO. The first kappa shape index (κ1) is 13.5. The van der Waals surface area contributed by atoms with Gasteiger partial charge in [0.2, 0.25) is 0 Å². The second kappa shape index (κ2) is 5.37. The van der Waals surface area contributed by atoms with Gasteiger partial charge in [0.05, 0.1) is 18.2 Å². The van der Waals surface area contributed by atoms with Crippen LogP contribution < -0.4 is 5.32 Å². The minimum absolute atomic E-state index is 0.149. The van der Waals surface area contributed by atoms with Gasteiger partial charge in [-0.3, -0.25) is 0 Å². The van der Waals surface area contributed by atoms with E-state index >= 15 is 0 Å². The monoisotopic (exact) mass is 251 g/mol. The SMILES string of the molecule is CNC(c1c(C)cc(F)cc1C)C1CCC(C)O1. The van der Waals surface area contributed by atoms with Crippen molar-refractivity contribution in [3.05, 3.63) is 34.6 Å². The summed E-state index contributed by atoms with van der Waals surface area (Å²) in [6.07, 6.45) is 2.67. The van der Waals surface area contributed by atoms with Gasteiger partial charge in [-0.15, -0.1) is 0 Å². The maximum Gasteiger partial charge on any atom is 0.123 e. The Morgan fingerprint density at radius 1 is 1.28 bits per heavy atom. The molecule has 2 rings (SSSR count). The van der Waals surface area contributed by atoms with Crippen molar-refractivity contribution in [3.8, 4) is 0 Å². The zero-order valence-electron chi connectivity index (χ0n) is 11.6. The summed E-state index contributed by atoms with van der Waals surface area (Å²) in [5, 5.41) is 3.33. The molecule has 0 saturated carbocycles. The number of likely N-dealkylation sites (N-methyl/N-ethyl adjacent to an activating group) is 1. The standard InChI is InChI=1S/C15H22FNO/c1-9-7-12(16)8-10(2)14(9)15(17-4)13-6-5-11(3)18-13/h7-8,11,13,15,17H,5-6H2,1-4H3. The number of benzene rings is 1. The van der Waals surface area contributed by atoms with E-state index in [1.165, 1.54) is 5.56 Å². The molecule has 0 radical (unpaired) electrons. The smallest absolute Gasteiger partial charge is 0.123 e. The first-order valence-electron chi connectivity index (χ1n) is 6.62. The van der Waals surface area contributed by atoms with Crippen molar-refractivity contribution < 1.29 is 9.13 Å². The Balaban J connectivity index is 2.33. The molecule has 1 aromatic carbocycles. The number of rotatable bonds is 3. The number of hydrogen-bond donors (Lipinski definition) is 1. The van der Waals surface area contributed by atoms with E-state index in [4.69, 9.17) is 4.74 Å². The molecule has 2 nitrogen and oxygen atoms in total. The van der Waals surface area contributed by atoms with Crippen LogP contribution in [0.25, 0.3) is 0 Å². The second-order valence-electron chi connectivity index (χ2n) is 5.28. The summed E-state index contributed by atoms with van der Waals surface area (Å²) in [7, 11) is 1.94. The van der Waals surface area contributed by atoms with Crippen LogP contribution in [-0.4, -0.2) is 19.3 Å². The van der Waals surface area contributed by atoms with Crippen LogP contribution in [0.1, 0.15) is 42.5 Å². The Kier molecular flexibility index (Phi) is 4.03. The summed E-state index contributed by atoms with van der Waals surface area (Å²) in [6.45, 7) is 6.04. The van der Waals surface area contributed by atoms with Crippen molar-refractivity contribution in [1.29, 1.82) is 0 Å². The molecule has 0 bridgehead atoms. The molecule has 3 heteroatoms. The molecule has 1 aliphatic rings. The van der Waals surface area contributed by atoms with Crippen LogP contribution in [0, 0.1) is 19.7 Å². The second-order valence-corrected chi connectivity index (χ2v) is 5.28. The first-order valence-corrected chi connectivity index (χ1v) is 6.62. The van der Waals surface area contributed by atoms with Crippen molar-refractivity contribution in [2.45, 2.75) is 51.9 Å². The van der Waals surface area contributed by atoms with Gasteiger partial charge in [-0.25, -0.2) is 4.39 Å². The third-order valence-corrected chi connectivity index (χ3v) is 3.82. The molecule has 0 amide bonds. The van der Waals surface area contributed by atoms with Gasteiger partial charge in [-0.05, 0) is 69.5 Å². The molecule has 1 aliphatic heterocycles. The van der Waals surface area contributed by atoms with Crippen LogP contribution in [0.15, 0.2) is 12.1 Å². The Morgan fingerprint density at radius 2 is 1.89 bits per heavy atom. The maximum atomic E-state index is 13.4. The van der Waals surface area contributed by atoms with E-state index in [0.29, 0.717) is 6.10 Å². The molecule has 0 aliphatic carbocycles. The van der Waals surface area contributed by atoms with Crippen molar-refractivity contribution in [2.75, 3.05) is 7.05 Å². The lowest BCUT2D eigenvalue weighted by molar-refractivity contribution is 0.0330. The zero-order chi connectivity index (χ0) is 13.3. The molecule has 100 valence electrons. The number of aryl methyl sites for hydroxylation is 2. The Morgan fingerprint density at radius 3 is 2.33 bits per heavy atom. The van der Waals surface area contributed by atoms with Crippen molar-refractivity contribution in [2.24, 2.45) is 0 Å². The molecule has 3 unspecified atom stereocenters. The lowest BCUT2D eigenvalue weighted by Gasteiger charge is -2.26. The fourth-order valence-electron chi connectivity index (χ4n) is 3.01. The fourth-order valence-corrected chi connectivity index (χ4v) is 3.01. The van der Waals surface area contributed by atoms with Gasteiger partial charge >= 0.3 is 0 Å². The van der Waals surface area contributed by atoms with Gasteiger partial charge in [0, 0.05) is 0 Å². The van der Waals surface area contributed by atoms with Crippen molar-refractivity contribution in [3.63, 3.8) is 0 Å². The number of nitrogens with one attached hydrogen (secondary N) is 1. The van der Waals surface area contributed by atoms with Gasteiger partial charge in [0.25, 0.3) is 0 Å². The predicted octanol–water partition coefficient (Wildman–Crippen LogP) is 3.27. The maximum absolute atomic E-state index is 13.4. The van der Waals surface area contributed by atoms with E-state index in [1.54, 1.807) is 12.1 Å². The summed E-state index contributed by atoms with van der Waals surface area (Å²) < 4.78 is 19.3. The van der Waals surface area contributed by atoms with Gasteiger partial charge in [0.15, 0.2) is 0 Å². The minimum atomic E-state index is -0.163. The van der Waals surface area contributed by atoms with E-state index in [1.807, 2.05) is 20.9 Å². The van der Waals surface area contributed by atoms with Crippen LogP contribution in [0.4, 0.5) is 4.39 Å². The molecule has 18 heavy (non-hydrogen) atoms. The molecule has 1 saturated heterocycles. The van der Waals surface area contributed by atoms with Crippen LogP contribution in [0.3, 0.4) is 0 Å². The number of ether oxygens (including phenoxy) is 1. The molecule has 1 N–H and O–H groups in total. The summed E-state index contributed by atoms with van der Waals surface area (Å²) in [5.41, 5.74) is 3.17. The highest BCUT2D eigenvalue weighted by atomic mass is 19.1. The van der Waals surface area contributed by atoms with Crippen molar-refractivity contribution in [1.82, 2.24) is 5.32 Å². The van der Waals surface area contributed by atoms with Gasteiger partial charge < -0.3 is 10.1 Å². The lowest BCUT2D eigenvalue weighted by atomic mass is 9.91. The largest absolute Gasteiger partial charge is 0.373 e. The van der Waals surface area contributed by atoms with Gasteiger partial charge in [-0.1, -0.05) is 0 Å². The van der Waals surface area contributed by atoms with E-state index < -0.39 is 0 Å². The highest BCUT2D eigenvalue weighted by Gasteiger charge is 2.31. The third-order valence-electron chi connectivity index (χ3n) is 3.82. The Hall–Kier alpha value is -0.930. The van der Waals surface area contributed by atoms with Crippen molar-refractivity contribution >= 4 is 0 Å². The highest BCUT2D eigenvalue weighted by molar-refractivity contribution is 5.37. The van der Waals surface area contributed by atoms with E-state index in [0.717, 1.165) is 24.0 Å². The highest BCUT2D eigenvalue weighted by Crippen LogP contribution is 2.33. The van der Waals surface area contributed by atoms with E-state index in [9.17, 15) is 4.39 Å². The summed E-state index contributed by atoms with van der Waals surface area (Å²) in [4.78, 5) is 0. The average molecular weight is 251 g/mol. The normalized spacial score (nSPS) is 25.4. The van der Waals surface area contributed by atoms with Gasteiger partial charge in [-0.2, -0.15) is 0 Å². The average Bonchev–Trinajstić information content (AvgIpc) is 2.69. The summed E-state index contributed by atoms with van der Waals surface area (Å²) >= 11 is 0. The molecule has 0 spiro atoms. The third kappa shape index (κ3) is 2.57. The molecular weight excluding hydrogens is 229 g/mol. The molecule has 3 atom stereocenters. The van der Waals surface area contributed by atoms with E-state index in [2.05, 4.69) is 12.2 Å². The topological polar surface area (TPSA) is 21.3 Å². The van der Waals surface area contributed by atoms with Crippen LogP contribution in [0.2, 0.25) is 0 Å². The number of hydrogen-bond acceptors (Lipinski definition) is 2. The lowest BCUT2D eigenvalue weighted by Crippen LogP contribution is -2.31. The number of halogens is 1. The Bertz CT molecular complexity index is 409. The zero-order valence-corrected chi connectivity index (χ0v) is 11.6. The fraction of sp³-hybridized carbons (Fsp3) is 0.600. The molecule has 1 fully saturated rings. The van der Waals surface area contributed by atoms with Crippen LogP contribution in [0.5, 0.6) is 0 Å². The molecule has 1 heterocycles. The van der Waals surface area contributed by atoms with Crippen LogP contribution in [-0.2, 0) is 4.74 Å².